The molecule has 0 aliphatic heterocycles. The van der Waals surface area contributed by atoms with Crippen LogP contribution in [0.5, 0.6) is 6.01 Å². The summed E-state index contributed by atoms with van der Waals surface area (Å²) >= 11 is 0. The number of allylic oxidation sites excluding steroid dienone is 2. The van der Waals surface area contributed by atoms with E-state index in [9.17, 15) is 19.6 Å². The third-order valence-corrected chi connectivity index (χ3v) is 14.4. The van der Waals surface area contributed by atoms with Crippen LogP contribution in [-0.4, -0.2) is 44.2 Å². The highest BCUT2D eigenvalue weighted by Gasteiger charge is 2.70. The van der Waals surface area contributed by atoms with Gasteiger partial charge in [-0.25, -0.2) is 14.8 Å². The minimum Gasteiger partial charge on any atom is -0.459 e. The number of ether oxygens (including phenoxy) is 1. The Hall–Kier alpha value is -2.42. The number of carbonyl (C=O) groups excluding carboxylic acids is 2. The van der Waals surface area contributed by atoms with Gasteiger partial charge in [0, 0.05) is 16.7 Å². The summed E-state index contributed by atoms with van der Waals surface area (Å²) in [6.07, 6.45) is 9.90. The lowest BCUT2D eigenvalue weighted by Crippen LogP contribution is -2.67. The number of hydrogen-bond acceptors (Lipinski definition) is 7. The third kappa shape index (κ3) is 4.19. The molecule has 0 unspecified atom stereocenters. The second-order valence-corrected chi connectivity index (χ2v) is 17.4. The van der Waals surface area contributed by atoms with Gasteiger partial charge in [-0.05, 0) is 116 Å². The quantitative estimate of drug-likeness (QED) is 0.286. The van der Waals surface area contributed by atoms with Crippen molar-refractivity contribution >= 4 is 11.7 Å². The number of H-pyrrole nitrogens is 1. The molecule has 2 N–H and O–H groups in total. The second kappa shape index (κ2) is 9.79. The molecule has 4 saturated carbocycles. The zero-order valence-electron chi connectivity index (χ0n) is 28.2. The Morgan fingerprint density at radius 1 is 1.02 bits per heavy atom. The van der Waals surface area contributed by atoms with Crippen molar-refractivity contribution in [2.75, 3.05) is 0 Å². The first kappa shape index (κ1) is 31.6. The summed E-state index contributed by atoms with van der Waals surface area (Å²) in [6.45, 7) is 19.7. The van der Waals surface area contributed by atoms with Crippen molar-refractivity contribution in [3.8, 4) is 6.01 Å². The lowest BCUT2D eigenvalue weighted by Gasteiger charge is -2.70. The van der Waals surface area contributed by atoms with Crippen molar-refractivity contribution in [2.24, 2.45) is 50.2 Å². The summed E-state index contributed by atoms with van der Waals surface area (Å²) < 4.78 is 10.9. The van der Waals surface area contributed by atoms with E-state index in [0.717, 1.165) is 56.4 Å². The molecule has 9 nitrogen and oxygen atoms in total. The zero-order chi connectivity index (χ0) is 32.3. The number of nitrogens with one attached hydrogen (secondary N) is 1. The van der Waals surface area contributed by atoms with Gasteiger partial charge < -0.3 is 4.74 Å². The SMILES string of the molecule is CC(C)N(O)C(=O)[C@@]1(C)CC[C@]2(C)CC[C@]3(C)C(=CC(=O)[C@@H]4[C@@]5(C)CC[C@H](Oc6noc(=O)[nH]6)C(C)(C)[C@@H]5CC[C@]43C)[C@@H]2C1. The molecule has 0 bridgehead atoms. The molecule has 1 aromatic heterocycles. The summed E-state index contributed by atoms with van der Waals surface area (Å²) in [7, 11) is 0. The normalized spacial score (nSPS) is 44.5. The maximum atomic E-state index is 14.7. The Kier molecular flexibility index (Phi) is 7.02. The fourth-order valence-electron chi connectivity index (χ4n) is 11.5. The fraction of sp³-hybridized carbons (Fsp3) is 0.829. The summed E-state index contributed by atoms with van der Waals surface area (Å²) in [5, 5.41) is 15.3. The Labute approximate surface area is 261 Å². The predicted octanol–water partition coefficient (Wildman–Crippen LogP) is 6.72. The number of aromatic amines is 1. The van der Waals surface area contributed by atoms with Gasteiger partial charge in [0.15, 0.2) is 5.78 Å². The van der Waals surface area contributed by atoms with Crippen LogP contribution in [0.2, 0.25) is 0 Å². The van der Waals surface area contributed by atoms with E-state index in [0.29, 0.717) is 6.42 Å². The molecule has 9 heteroatoms. The molecule has 44 heavy (non-hydrogen) atoms. The lowest BCUT2D eigenvalue weighted by molar-refractivity contribution is -0.202. The second-order valence-electron chi connectivity index (χ2n) is 17.4. The number of amides is 1. The summed E-state index contributed by atoms with van der Waals surface area (Å²) in [4.78, 5) is 42.3. The molecular formula is C35H53N3O6. The van der Waals surface area contributed by atoms with Crippen LogP contribution in [0, 0.1) is 50.2 Å². The van der Waals surface area contributed by atoms with Gasteiger partial charge in [0.1, 0.15) is 6.10 Å². The molecule has 0 aromatic carbocycles. The molecule has 5 aliphatic carbocycles. The van der Waals surface area contributed by atoms with Crippen molar-refractivity contribution in [3.05, 3.63) is 22.2 Å². The summed E-state index contributed by atoms with van der Waals surface area (Å²) in [5.41, 5.74) is -0.186. The Morgan fingerprint density at radius 2 is 1.70 bits per heavy atom. The highest BCUT2D eigenvalue weighted by Crippen LogP contribution is 2.75. The number of fused-ring (bicyclic) bond motifs is 7. The molecule has 4 fully saturated rings. The van der Waals surface area contributed by atoms with E-state index >= 15 is 0 Å². The number of hydrogen-bond donors (Lipinski definition) is 2. The van der Waals surface area contributed by atoms with Crippen molar-refractivity contribution in [3.63, 3.8) is 0 Å². The predicted molar refractivity (Wildman–Crippen MR) is 165 cm³/mol. The van der Waals surface area contributed by atoms with Crippen LogP contribution in [0.3, 0.4) is 0 Å². The van der Waals surface area contributed by atoms with E-state index in [1.807, 2.05) is 26.8 Å². The van der Waals surface area contributed by atoms with E-state index in [1.54, 1.807) is 0 Å². The molecule has 9 atom stereocenters. The van der Waals surface area contributed by atoms with Crippen LogP contribution >= 0.6 is 0 Å². The zero-order valence-corrected chi connectivity index (χ0v) is 28.2. The van der Waals surface area contributed by atoms with Crippen LogP contribution in [0.15, 0.2) is 21.0 Å². The van der Waals surface area contributed by atoms with Gasteiger partial charge in [0.2, 0.25) is 0 Å². The van der Waals surface area contributed by atoms with E-state index < -0.39 is 11.2 Å². The van der Waals surface area contributed by atoms with Crippen molar-refractivity contribution in [2.45, 2.75) is 132 Å². The summed E-state index contributed by atoms with van der Waals surface area (Å²) in [5.74, 6) is -0.305. The van der Waals surface area contributed by atoms with Gasteiger partial charge in [-0.3, -0.25) is 19.3 Å². The fourth-order valence-corrected chi connectivity index (χ4v) is 11.5. The van der Waals surface area contributed by atoms with Gasteiger partial charge in [0.25, 0.3) is 5.91 Å². The minimum absolute atomic E-state index is 0.0350. The van der Waals surface area contributed by atoms with Gasteiger partial charge in [-0.15, -0.1) is 0 Å². The van der Waals surface area contributed by atoms with Gasteiger partial charge in [-0.1, -0.05) is 54.0 Å². The molecule has 5 aliphatic rings. The molecule has 6 rings (SSSR count). The number of rotatable bonds is 4. The van der Waals surface area contributed by atoms with Crippen molar-refractivity contribution in [1.82, 2.24) is 15.2 Å². The molecule has 1 amide bonds. The monoisotopic (exact) mass is 611 g/mol. The lowest BCUT2D eigenvalue weighted by atomic mass is 9.33. The van der Waals surface area contributed by atoms with E-state index in [1.165, 1.54) is 5.57 Å². The average molecular weight is 612 g/mol. The van der Waals surface area contributed by atoms with Gasteiger partial charge in [-0.2, -0.15) is 0 Å². The Bertz CT molecular complexity index is 1440. The highest BCUT2D eigenvalue weighted by atomic mass is 16.6. The minimum atomic E-state index is -0.663. The van der Waals surface area contributed by atoms with Gasteiger partial charge >= 0.3 is 11.8 Å². The number of carbonyl (C=O) groups is 2. The van der Waals surface area contributed by atoms with Crippen LogP contribution in [0.25, 0.3) is 0 Å². The van der Waals surface area contributed by atoms with E-state index in [-0.39, 0.29) is 74.7 Å². The number of hydroxylamine groups is 2. The maximum absolute atomic E-state index is 14.7. The molecule has 1 heterocycles. The molecule has 0 spiro atoms. The maximum Gasteiger partial charge on any atom is 0.441 e. The molecule has 244 valence electrons. The number of ketones is 1. The first-order chi connectivity index (χ1) is 20.3. The van der Waals surface area contributed by atoms with E-state index in [2.05, 4.69) is 56.2 Å². The topological polar surface area (TPSA) is 126 Å². The van der Waals surface area contributed by atoms with Crippen molar-refractivity contribution < 1.29 is 24.1 Å². The summed E-state index contributed by atoms with van der Waals surface area (Å²) in [6, 6.07) is -0.162. The Balaban J connectivity index is 1.36. The van der Waals surface area contributed by atoms with Crippen molar-refractivity contribution in [1.29, 1.82) is 0 Å². The molecule has 0 radical (unpaired) electrons. The largest absolute Gasteiger partial charge is 0.459 e. The third-order valence-electron chi connectivity index (χ3n) is 14.4. The van der Waals surface area contributed by atoms with E-state index in [4.69, 9.17) is 4.74 Å². The van der Waals surface area contributed by atoms with Crippen LogP contribution in [-0.2, 0) is 9.59 Å². The molecule has 0 saturated heterocycles. The average Bonchev–Trinajstić information content (AvgIpc) is 3.36. The Morgan fingerprint density at radius 3 is 2.34 bits per heavy atom. The number of aromatic nitrogens is 2. The highest BCUT2D eigenvalue weighted by molar-refractivity contribution is 5.95. The van der Waals surface area contributed by atoms with Crippen LogP contribution in [0.4, 0.5) is 0 Å². The smallest absolute Gasteiger partial charge is 0.441 e. The first-order valence-electron chi connectivity index (χ1n) is 16.8. The molecular weight excluding hydrogens is 558 g/mol. The van der Waals surface area contributed by atoms with Gasteiger partial charge in [0.05, 0.1) is 6.04 Å². The molecule has 1 aromatic rings. The first-order valence-corrected chi connectivity index (χ1v) is 16.8. The standard InChI is InChI=1S/C35H53N3O6/c1-20(2)38(42)27(40)32(6)15-14-31(5)16-17-34(8)21(22(31)19-32)18-23(39)26-33(7)12-11-25(43-28-36-29(41)44-37-28)30(3,4)24(33)10-13-35(26,34)9/h18,20,22,24-26,42H,10-17,19H2,1-9H3,(H,36,37,41)/t22-,24-,25-,26+,31+,32-,33-,34+,35+/m0/s1. The van der Waals surface area contributed by atoms with Crippen LogP contribution < -0.4 is 10.5 Å². The van der Waals surface area contributed by atoms with Crippen LogP contribution in [0.1, 0.15) is 120 Å². The number of nitrogens with zero attached hydrogens (tertiary/aromatic N) is 2.